The van der Waals surface area contributed by atoms with Gasteiger partial charge in [-0.05, 0) is 44.0 Å². The molecule has 1 aliphatic heterocycles. The number of nitrogens with zero attached hydrogens (tertiary/aromatic N) is 3. The van der Waals surface area contributed by atoms with Crippen molar-refractivity contribution in [1.82, 2.24) is 14.8 Å². The Balaban J connectivity index is 1.39. The first-order chi connectivity index (χ1) is 14.1. The van der Waals surface area contributed by atoms with Crippen LogP contribution in [-0.2, 0) is 0 Å². The topological polar surface area (TPSA) is 78.3 Å². The second kappa shape index (κ2) is 6.92. The molecular weight excluding hydrogens is 368 g/mol. The summed E-state index contributed by atoms with van der Waals surface area (Å²) in [6.45, 7) is 1.96. The molecule has 5 rings (SSSR count). The molecule has 2 heterocycles. The lowest BCUT2D eigenvalue weighted by Gasteiger charge is -2.31. The molecule has 2 aliphatic rings. The molecule has 0 radical (unpaired) electrons. The van der Waals surface area contributed by atoms with Gasteiger partial charge in [-0.15, -0.1) is 10.2 Å². The predicted molar refractivity (Wildman–Crippen MR) is 108 cm³/mol. The van der Waals surface area contributed by atoms with Crippen molar-refractivity contribution in [3.8, 4) is 17.2 Å². The number of anilines is 1. The SMILES string of the molecule is Cc1ccc(-n2cnnc2)c(C(=O)Nc2ccc3c(c2)OC2(CCCCC2)O3)c1. The van der Waals surface area contributed by atoms with E-state index in [4.69, 9.17) is 9.47 Å². The smallest absolute Gasteiger partial charge is 0.257 e. The summed E-state index contributed by atoms with van der Waals surface area (Å²) in [4.78, 5) is 13.0. The van der Waals surface area contributed by atoms with E-state index in [9.17, 15) is 4.79 Å². The van der Waals surface area contributed by atoms with Crippen molar-refractivity contribution in [1.29, 1.82) is 0 Å². The number of ether oxygens (including phenoxy) is 2. The number of carbonyl (C=O) groups is 1. The molecule has 1 spiro atoms. The number of nitrogens with one attached hydrogen (secondary N) is 1. The summed E-state index contributed by atoms with van der Waals surface area (Å²) < 4.78 is 14.0. The van der Waals surface area contributed by atoms with Crippen LogP contribution in [0.1, 0.15) is 48.0 Å². The van der Waals surface area contributed by atoms with E-state index >= 15 is 0 Å². The molecule has 29 heavy (non-hydrogen) atoms. The van der Waals surface area contributed by atoms with Gasteiger partial charge in [0.2, 0.25) is 0 Å². The third-order valence-electron chi connectivity index (χ3n) is 5.50. The molecule has 0 bridgehead atoms. The summed E-state index contributed by atoms with van der Waals surface area (Å²) in [7, 11) is 0. The standard InChI is InChI=1S/C22H22N4O3/c1-15-5-7-18(26-13-23-24-14-26)17(11-15)21(27)25-16-6-8-19-20(12-16)29-22(28-19)9-3-2-4-10-22/h5-8,11-14H,2-4,9-10H2,1H3,(H,25,27). The van der Waals surface area contributed by atoms with Gasteiger partial charge in [0.1, 0.15) is 12.7 Å². The molecule has 1 aliphatic carbocycles. The number of aryl methyl sites for hydroxylation is 1. The summed E-state index contributed by atoms with van der Waals surface area (Å²) in [5.74, 6) is 0.698. The molecule has 148 valence electrons. The fourth-order valence-corrected chi connectivity index (χ4v) is 4.05. The zero-order chi connectivity index (χ0) is 19.8. The summed E-state index contributed by atoms with van der Waals surface area (Å²) in [6.07, 6.45) is 8.38. The molecule has 7 heteroatoms. The number of carbonyl (C=O) groups excluding carboxylic acids is 1. The van der Waals surface area contributed by atoms with Gasteiger partial charge in [-0.25, -0.2) is 0 Å². The predicted octanol–water partition coefficient (Wildman–Crippen LogP) is 4.26. The molecule has 1 N–H and O–H groups in total. The Morgan fingerprint density at radius 1 is 1.00 bits per heavy atom. The second-order valence-corrected chi connectivity index (χ2v) is 7.68. The van der Waals surface area contributed by atoms with Crippen LogP contribution in [0.25, 0.3) is 5.69 Å². The van der Waals surface area contributed by atoms with E-state index in [0.29, 0.717) is 17.0 Å². The van der Waals surface area contributed by atoms with E-state index in [-0.39, 0.29) is 5.91 Å². The number of amides is 1. The van der Waals surface area contributed by atoms with Gasteiger partial charge in [-0.1, -0.05) is 18.1 Å². The Bertz CT molecular complexity index is 1060. The van der Waals surface area contributed by atoms with E-state index in [1.165, 1.54) is 6.42 Å². The Morgan fingerprint density at radius 3 is 2.55 bits per heavy atom. The highest BCUT2D eigenvalue weighted by atomic mass is 16.7. The van der Waals surface area contributed by atoms with Crippen molar-refractivity contribution in [2.24, 2.45) is 0 Å². The monoisotopic (exact) mass is 390 g/mol. The minimum atomic E-state index is -0.526. The summed E-state index contributed by atoms with van der Waals surface area (Å²) in [6, 6.07) is 11.2. The maximum atomic E-state index is 13.0. The van der Waals surface area contributed by atoms with Crippen LogP contribution in [0, 0.1) is 6.92 Å². The fourth-order valence-electron chi connectivity index (χ4n) is 4.05. The van der Waals surface area contributed by atoms with Gasteiger partial charge in [0.25, 0.3) is 11.7 Å². The highest BCUT2D eigenvalue weighted by Gasteiger charge is 2.42. The lowest BCUT2D eigenvalue weighted by Crippen LogP contribution is -2.40. The van der Waals surface area contributed by atoms with E-state index < -0.39 is 5.79 Å². The molecule has 2 aromatic carbocycles. The molecule has 0 atom stereocenters. The number of rotatable bonds is 3. The van der Waals surface area contributed by atoms with Crippen LogP contribution in [-0.4, -0.2) is 26.5 Å². The van der Waals surface area contributed by atoms with Gasteiger partial charge in [0, 0.05) is 24.6 Å². The van der Waals surface area contributed by atoms with Crippen LogP contribution in [0.5, 0.6) is 11.5 Å². The first-order valence-corrected chi connectivity index (χ1v) is 9.91. The quantitative estimate of drug-likeness (QED) is 0.723. The Morgan fingerprint density at radius 2 is 1.76 bits per heavy atom. The number of hydrogen-bond donors (Lipinski definition) is 1. The molecule has 1 fully saturated rings. The van der Waals surface area contributed by atoms with Crippen LogP contribution in [0.2, 0.25) is 0 Å². The molecular formula is C22H22N4O3. The molecule has 3 aromatic rings. The Kier molecular flexibility index (Phi) is 4.23. The molecule has 0 unspecified atom stereocenters. The van der Waals surface area contributed by atoms with Crippen LogP contribution < -0.4 is 14.8 Å². The third-order valence-corrected chi connectivity index (χ3v) is 5.50. The van der Waals surface area contributed by atoms with Crippen molar-refractivity contribution < 1.29 is 14.3 Å². The van der Waals surface area contributed by atoms with E-state index in [0.717, 1.165) is 42.7 Å². The average molecular weight is 390 g/mol. The number of benzene rings is 2. The van der Waals surface area contributed by atoms with E-state index in [2.05, 4.69) is 15.5 Å². The van der Waals surface area contributed by atoms with Gasteiger partial charge in [0.15, 0.2) is 11.5 Å². The maximum absolute atomic E-state index is 13.0. The number of aromatic nitrogens is 3. The molecule has 1 amide bonds. The summed E-state index contributed by atoms with van der Waals surface area (Å²) >= 11 is 0. The Hall–Kier alpha value is -3.35. The molecule has 1 aromatic heterocycles. The summed E-state index contributed by atoms with van der Waals surface area (Å²) in [5, 5.41) is 10.7. The van der Waals surface area contributed by atoms with Gasteiger partial charge < -0.3 is 14.8 Å². The third kappa shape index (κ3) is 3.33. The fraction of sp³-hybridized carbons (Fsp3) is 0.318. The minimum Gasteiger partial charge on any atom is -0.448 e. The first kappa shape index (κ1) is 17.7. The maximum Gasteiger partial charge on any atom is 0.257 e. The number of fused-ring (bicyclic) bond motifs is 1. The van der Waals surface area contributed by atoms with Gasteiger partial charge in [-0.2, -0.15) is 0 Å². The normalized spacial score (nSPS) is 16.7. The van der Waals surface area contributed by atoms with Crippen LogP contribution in [0.3, 0.4) is 0 Å². The molecule has 0 saturated heterocycles. The van der Waals surface area contributed by atoms with Gasteiger partial charge in [0.05, 0.1) is 11.3 Å². The van der Waals surface area contributed by atoms with Crippen molar-refractivity contribution in [2.45, 2.75) is 44.8 Å². The Labute approximate surface area is 168 Å². The van der Waals surface area contributed by atoms with Gasteiger partial charge in [-0.3, -0.25) is 9.36 Å². The van der Waals surface area contributed by atoms with Crippen LogP contribution >= 0.6 is 0 Å². The second-order valence-electron chi connectivity index (χ2n) is 7.68. The summed E-state index contributed by atoms with van der Waals surface area (Å²) in [5.41, 5.74) is 2.93. The zero-order valence-corrected chi connectivity index (χ0v) is 16.2. The van der Waals surface area contributed by atoms with Crippen molar-refractivity contribution in [3.05, 3.63) is 60.2 Å². The van der Waals surface area contributed by atoms with E-state index in [1.807, 2.05) is 43.3 Å². The minimum absolute atomic E-state index is 0.205. The zero-order valence-electron chi connectivity index (χ0n) is 16.2. The van der Waals surface area contributed by atoms with Crippen molar-refractivity contribution >= 4 is 11.6 Å². The first-order valence-electron chi connectivity index (χ1n) is 9.91. The number of hydrogen-bond acceptors (Lipinski definition) is 5. The highest BCUT2D eigenvalue weighted by molar-refractivity contribution is 6.07. The van der Waals surface area contributed by atoms with Crippen LogP contribution in [0.4, 0.5) is 5.69 Å². The van der Waals surface area contributed by atoms with Gasteiger partial charge >= 0.3 is 0 Å². The largest absolute Gasteiger partial charge is 0.448 e. The lowest BCUT2D eigenvalue weighted by atomic mass is 9.94. The van der Waals surface area contributed by atoms with Crippen LogP contribution in [0.15, 0.2) is 49.1 Å². The molecule has 1 saturated carbocycles. The highest BCUT2D eigenvalue weighted by Crippen LogP contribution is 2.46. The van der Waals surface area contributed by atoms with E-state index in [1.54, 1.807) is 17.2 Å². The average Bonchev–Trinajstić information content (AvgIpc) is 3.36. The van der Waals surface area contributed by atoms with Crippen molar-refractivity contribution in [3.63, 3.8) is 0 Å². The van der Waals surface area contributed by atoms with Crippen molar-refractivity contribution in [2.75, 3.05) is 5.32 Å². The lowest BCUT2D eigenvalue weighted by molar-refractivity contribution is -0.105. The molecule has 7 nitrogen and oxygen atoms in total.